The Morgan fingerprint density at radius 2 is 1.36 bits per heavy atom. The molecule has 1 aliphatic heterocycles. The van der Waals surface area contributed by atoms with Gasteiger partial charge >= 0.3 is 17.7 Å². The van der Waals surface area contributed by atoms with Gasteiger partial charge < -0.3 is 0 Å². The molecule has 1 aliphatic rings. The molecule has 1 saturated heterocycles. The van der Waals surface area contributed by atoms with Crippen LogP contribution in [-0.2, 0) is 9.47 Å². The van der Waals surface area contributed by atoms with E-state index in [2.05, 4.69) is 21.1 Å². The Hall–Kier alpha value is -0.140. The molecule has 0 aromatic rings. The summed E-state index contributed by atoms with van der Waals surface area (Å²) in [7, 11) is 0. The van der Waals surface area contributed by atoms with Crippen molar-refractivity contribution < 1.29 is 31.4 Å². The third-order valence-corrected chi connectivity index (χ3v) is 1.13. The predicted molar refractivity (Wildman–Crippen MR) is 21.8 cm³/mol. The number of ether oxygens (including phenoxy) is 2. The Kier molecular flexibility index (Phi) is 1.60. The average Bonchev–Trinajstić information content (AvgIpc) is 1.66. The SMILES string of the molecule is FC1(F)OC(F)(F)C(F)(Cl)O1. The highest BCUT2D eigenvalue weighted by molar-refractivity contribution is 6.22. The first-order valence-corrected chi connectivity index (χ1v) is 2.58. The molecule has 0 aromatic heterocycles. The lowest BCUT2D eigenvalue weighted by Gasteiger charge is -2.12. The first kappa shape index (κ1) is 8.95. The first-order chi connectivity index (χ1) is 4.66. The van der Waals surface area contributed by atoms with Crippen LogP contribution in [0.15, 0.2) is 0 Å². The van der Waals surface area contributed by atoms with Gasteiger partial charge in [0.2, 0.25) is 0 Å². The lowest BCUT2D eigenvalue weighted by atomic mass is 10.6. The average molecular weight is 198 g/mol. The molecule has 1 unspecified atom stereocenters. The Labute approximate surface area is 61.8 Å². The molecule has 1 rings (SSSR count). The van der Waals surface area contributed by atoms with E-state index in [1.807, 2.05) is 0 Å². The van der Waals surface area contributed by atoms with Gasteiger partial charge in [-0.1, -0.05) is 0 Å². The molecule has 1 heterocycles. The van der Waals surface area contributed by atoms with E-state index in [4.69, 9.17) is 0 Å². The summed E-state index contributed by atoms with van der Waals surface area (Å²) in [6.45, 7) is 0. The fraction of sp³-hybridized carbons (Fsp3) is 1.00. The van der Waals surface area contributed by atoms with E-state index in [9.17, 15) is 22.0 Å². The van der Waals surface area contributed by atoms with E-state index in [1.54, 1.807) is 0 Å². The summed E-state index contributed by atoms with van der Waals surface area (Å²) in [4.78, 5) is 0. The highest BCUT2D eigenvalue weighted by Crippen LogP contribution is 2.50. The van der Waals surface area contributed by atoms with Gasteiger partial charge in [-0.05, 0) is 11.6 Å². The maximum atomic E-state index is 12.1. The molecule has 8 heteroatoms. The van der Waals surface area contributed by atoms with E-state index in [1.165, 1.54) is 0 Å². The van der Waals surface area contributed by atoms with Gasteiger partial charge in [0.05, 0.1) is 0 Å². The van der Waals surface area contributed by atoms with E-state index in [0.717, 1.165) is 0 Å². The summed E-state index contributed by atoms with van der Waals surface area (Å²) in [6.07, 6.45) is -9.54. The van der Waals surface area contributed by atoms with Gasteiger partial charge in [0, 0.05) is 0 Å². The van der Waals surface area contributed by atoms with E-state index >= 15 is 0 Å². The van der Waals surface area contributed by atoms with Gasteiger partial charge in [0.1, 0.15) is 0 Å². The molecule has 0 aromatic carbocycles. The summed E-state index contributed by atoms with van der Waals surface area (Å²) in [6, 6.07) is 0. The van der Waals surface area contributed by atoms with Gasteiger partial charge in [-0.25, -0.2) is 9.47 Å². The zero-order chi connectivity index (χ0) is 8.91. The summed E-state index contributed by atoms with van der Waals surface area (Å²) in [5.74, 6) is 0. The summed E-state index contributed by atoms with van der Waals surface area (Å²) in [5.41, 5.74) is 0. The molecule has 0 radical (unpaired) electrons. The van der Waals surface area contributed by atoms with Crippen molar-refractivity contribution in [3.8, 4) is 0 Å². The highest BCUT2D eigenvalue weighted by Gasteiger charge is 2.73. The molecule has 0 amide bonds. The molecule has 0 spiro atoms. The third kappa shape index (κ3) is 1.40. The summed E-state index contributed by atoms with van der Waals surface area (Å²) >= 11 is 4.20. The molecular weight excluding hydrogens is 198 g/mol. The first-order valence-electron chi connectivity index (χ1n) is 2.20. The van der Waals surface area contributed by atoms with Crippen LogP contribution in [0.4, 0.5) is 22.0 Å². The molecule has 66 valence electrons. The minimum Gasteiger partial charge on any atom is -0.236 e. The molecule has 0 saturated carbocycles. The lowest BCUT2D eigenvalue weighted by Crippen LogP contribution is -2.35. The zero-order valence-electron chi connectivity index (χ0n) is 4.58. The maximum Gasteiger partial charge on any atom is 0.494 e. The minimum absolute atomic E-state index is 2.56. The van der Waals surface area contributed by atoms with Crippen LogP contribution >= 0.6 is 11.6 Å². The van der Waals surface area contributed by atoms with E-state index in [-0.39, 0.29) is 0 Å². The van der Waals surface area contributed by atoms with Gasteiger partial charge in [-0.15, -0.1) is 8.78 Å². The van der Waals surface area contributed by atoms with Crippen molar-refractivity contribution in [3.63, 3.8) is 0 Å². The molecular formula is C3ClF5O2. The number of hydrogen-bond acceptors (Lipinski definition) is 2. The van der Waals surface area contributed by atoms with Crippen molar-refractivity contribution in [2.24, 2.45) is 0 Å². The van der Waals surface area contributed by atoms with Gasteiger partial charge in [-0.3, -0.25) is 0 Å². The van der Waals surface area contributed by atoms with Crippen LogP contribution in [-0.4, -0.2) is 17.7 Å². The van der Waals surface area contributed by atoms with Crippen LogP contribution in [0.5, 0.6) is 0 Å². The Morgan fingerprint density at radius 1 is 0.909 bits per heavy atom. The number of hydrogen-bond donors (Lipinski definition) is 0. The molecule has 0 aliphatic carbocycles. The van der Waals surface area contributed by atoms with Gasteiger partial charge in [0.15, 0.2) is 0 Å². The molecule has 1 fully saturated rings. The Bertz CT molecular complexity index is 163. The minimum atomic E-state index is -4.85. The van der Waals surface area contributed by atoms with Crippen LogP contribution in [0, 0.1) is 0 Å². The molecule has 0 bridgehead atoms. The number of alkyl halides is 6. The van der Waals surface area contributed by atoms with Crippen molar-refractivity contribution in [2.45, 2.75) is 17.7 Å². The van der Waals surface area contributed by atoms with Crippen molar-refractivity contribution in [2.75, 3.05) is 0 Å². The van der Waals surface area contributed by atoms with Crippen LogP contribution in [0.25, 0.3) is 0 Å². The fourth-order valence-corrected chi connectivity index (χ4v) is 0.567. The van der Waals surface area contributed by atoms with Crippen molar-refractivity contribution >= 4 is 11.6 Å². The third-order valence-electron chi connectivity index (χ3n) is 0.833. The second-order valence-corrected chi connectivity index (χ2v) is 2.19. The topological polar surface area (TPSA) is 18.5 Å². The van der Waals surface area contributed by atoms with Gasteiger partial charge in [0.25, 0.3) is 0 Å². The molecule has 1 atom stereocenters. The Morgan fingerprint density at radius 3 is 1.45 bits per heavy atom. The van der Waals surface area contributed by atoms with Crippen LogP contribution < -0.4 is 0 Å². The van der Waals surface area contributed by atoms with E-state index in [0.29, 0.717) is 0 Å². The lowest BCUT2D eigenvalue weighted by molar-refractivity contribution is -0.386. The van der Waals surface area contributed by atoms with Crippen molar-refractivity contribution in [1.82, 2.24) is 0 Å². The zero-order valence-corrected chi connectivity index (χ0v) is 5.34. The molecule has 0 N–H and O–H groups in total. The van der Waals surface area contributed by atoms with Crippen LogP contribution in [0.1, 0.15) is 0 Å². The van der Waals surface area contributed by atoms with E-state index < -0.39 is 17.7 Å². The molecule has 11 heavy (non-hydrogen) atoms. The van der Waals surface area contributed by atoms with Gasteiger partial charge in [-0.2, -0.15) is 13.2 Å². The van der Waals surface area contributed by atoms with Crippen molar-refractivity contribution in [1.29, 1.82) is 0 Å². The van der Waals surface area contributed by atoms with Crippen LogP contribution in [0.3, 0.4) is 0 Å². The number of halogens is 6. The molecule has 2 nitrogen and oxygen atoms in total. The second-order valence-electron chi connectivity index (χ2n) is 1.70. The number of rotatable bonds is 0. The second kappa shape index (κ2) is 1.96. The monoisotopic (exact) mass is 198 g/mol. The highest BCUT2D eigenvalue weighted by atomic mass is 35.5. The fourth-order valence-electron chi connectivity index (χ4n) is 0.438. The summed E-state index contributed by atoms with van der Waals surface area (Å²) < 4.78 is 64.5. The summed E-state index contributed by atoms with van der Waals surface area (Å²) in [5, 5.41) is -4.31. The predicted octanol–water partition coefficient (Wildman–Crippen LogP) is 2.04. The smallest absolute Gasteiger partial charge is 0.236 e. The standard InChI is InChI=1S/C3ClF5O2/c4-1(5)2(6,7)11-3(8,9)10-1. The quantitative estimate of drug-likeness (QED) is 0.438. The Balaban J connectivity index is 2.89. The van der Waals surface area contributed by atoms with Crippen LogP contribution in [0.2, 0.25) is 0 Å². The largest absolute Gasteiger partial charge is 0.494 e. The van der Waals surface area contributed by atoms with Crippen molar-refractivity contribution in [3.05, 3.63) is 0 Å². The normalized spacial score (nSPS) is 40.9. The maximum absolute atomic E-state index is 12.1.